The summed E-state index contributed by atoms with van der Waals surface area (Å²) in [6, 6.07) is 8.78. The van der Waals surface area contributed by atoms with Crippen molar-refractivity contribution in [1.82, 2.24) is 35.6 Å². The lowest BCUT2D eigenvalue weighted by atomic mass is 9.68. The van der Waals surface area contributed by atoms with Gasteiger partial charge in [0.25, 0.3) is 0 Å². The number of aryl methyl sites for hydroxylation is 1. The van der Waals surface area contributed by atoms with Crippen molar-refractivity contribution >= 4 is 5.91 Å². The van der Waals surface area contributed by atoms with Crippen LogP contribution >= 0.6 is 0 Å². The van der Waals surface area contributed by atoms with Gasteiger partial charge in [-0.1, -0.05) is 28.7 Å². The second-order valence-electron chi connectivity index (χ2n) is 9.81. The molecular weight excluding hydrogens is 461 g/mol. The van der Waals surface area contributed by atoms with Crippen molar-refractivity contribution in [3.05, 3.63) is 82.2 Å². The molecule has 188 valence electrons. The number of carbonyl (C=O) groups is 1. The molecule has 1 fully saturated rings. The SMILES string of the molecule is O=C1C=C2C3=C(CNN2F)CC(c2ccc(CN4CCC4)cc2)C(c2ncnn2CCCO)C3=CN1. The average molecular weight is 492 g/mol. The number of benzene rings is 1. The first-order valence-corrected chi connectivity index (χ1v) is 12.6. The summed E-state index contributed by atoms with van der Waals surface area (Å²) < 4.78 is 16.7. The molecule has 2 atom stereocenters. The molecule has 0 radical (unpaired) electrons. The molecule has 1 amide bonds. The molecule has 4 heterocycles. The highest BCUT2D eigenvalue weighted by Crippen LogP contribution is 2.52. The van der Waals surface area contributed by atoms with E-state index in [9.17, 15) is 14.4 Å². The number of hydrazine groups is 1. The van der Waals surface area contributed by atoms with Crippen LogP contribution in [0.15, 0.2) is 65.3 Å². The third kappa shape index (κ3) is 4.15. The summed E-state index contributed by atoms with van der Waals surface area (Å²) in [4.78, 5) is 19.5. The third-order valence-electron chi connectivity index (χ3n) is 7.60. The fourth-order valence-electron chi connectivity index (χ4n) is 5.71. The monoisotopic (exact) mass is 491 g/mol. The van der Waals surface area contributed by atoms with Crippen LogP contribution in [0.1, 0.15) is 48.0 Å². The second kappa shape index (κ2) is 9.61. The predicted octanol–water partition coefficient (Wildman–Crippen LogP) is 2.04. The Morgan fingerprint density at radius 2 is 2.03 bits per heavy atom. The molecule has 2 unspecified atom stereocenters. The van der Waals surface area contributed by atoms with Gasteiger partial charge in [-0.15, -0.1) is 5.23 Å². The van der Waals surface area contributed by atoms with Crippen LogP contribution in [0.3, 0.4) is 0 Å². The molecule has 1 aromatic heterocycles. The molecule has 3 N–H and O–H groups in total. The lowest BCUT2D eigenvalue weighted by Gasteiger charge is -2.40. The number of nitrogens with zero attached hydrogens (tertiary/aromatic N) is 5. The number of hydrogen-bond donors (Lipinski definition) is 3. The first kappa shape index (κ1) is 23.1. The first-order chi connectivity index (χ1) is 17.6. The predicted molar refractivity (Wildman–Crippen MR) is 130 cm³/mol. The van der Waals surface area contributed by atoms with Crippen molar-refractivity contribution in [2.24, 2.45) is 0 Å². The summed E-state index contributed by atoms with van der Waals surface area (Å²) in [5.74, 6) is 0.140. The minimum atomic E-state index is -0.377. The normalized spacial score (nSPS) is 23.9. The molecule has 36 heavy (non-hydrogen) atoms. The van der Waals surface area contributed by atoms with Gasteiger partial charge in [0.15, 0.2) is 0 Å². The highest BCUT2D eigenvalue weighted by molar-refractivity contribution is 5.91. The van der Waals surface area contributed by atoms with Gasteiger partial charge in [0.05, 0.1) is 5.92 Å². The molecule has 9 nitrogen and oxygen atoms in total. The smallest absolute Gasteiger partial charge is 0.250 e. The fraction of sp³-hybridized carbons (Fsp3) is 0.423. The van der Waals surface area contributed by atoms with Crippen LogP contribution in [0.2, 0.25) is 0 Å². The van der Waals surface area contributed by atoms with Crippen LogP contribution in [0.25, 0.3) is 0 Å². The summed E-state index contributed by atoms with van der Waals surface area (Å²) in [5, 5.41) is 17.1. The van der Waals surface area contributed by atoms with E-state index in [1.165, 1.54) is 30.0 Å². The molecular formula is C26H30FN7O2. The number of amides is 1. The summed E-state index contributed by atoms with van der Waals surface area (Å²) in [6.07, 6.45) is 7.05. The molecule has 4 aliphatic rings. The van der Waals surface area contributed by atoms with Gasteiger partial charge < -0.3 is 10.4 Å². The summed E-state index contributed by atoms with van der Waals surface area (Å²) in [5.41, 5.74) is 8.06. The van der Waals surface area contributed by atoms with E-state index >= 15 is 0 Å². The molecule has 6 rings (SSSR count). The van der Waals surface area contributed by atoms with Crippen LogP contribution in [0, 0.1) is 0 Å². The van der Waals surface area contributed by atoms with Crippen molar-refractivity contribution < 1.29 is 14.4 Å². The Labute approximate surface area is 208 Å². The number of aliphatic hydroxyl groups excluding tert-OH is 1. The molecule has 1 saturated heterocycles. The number of aromatic nitrogens is 3. The zero-order valence-electron chi connectivity index (χ0n) is 20.0. The summed E-state index contributed by atoms with van der Waals surface area (Å²) >= 11 is 0. The molecule has 1 aromatic carbocycles. The first-order valence-electron chi connectivity index (χ1n) is 12.6. The van der Waals surface area contributed by atoms with Gasteiger partial charge in [-0.3, -0.25) is 9.69 Å². The van der Waals surface area contributed by atoms with Gasteiger partial charge in [0.2, 0.25) is 5.91 Å². The van der Waals surface area contributed by atoms with E-state index in [4.69, 9.17) is 0 Å². The lowest BCUT2D eigenvalue weighted by molar-refractivity contribution is -0.115. The van der Waals surface area contributed by atoms with Gasteiger partial charge >= 0.3 is 0 Å². The quantitative estimate of drug-likeness (QED) is 0.510. The standard InChI is InChI=1S/C26H30FN7O2/c27-34-22-12-23(36)28-14-21-24(22)19(13-30-34)11-20(25(21)26-29-16-31-33(26)9-2-10-35)18-5-3-17(4-6-18)15-32-7-1-8-32/h3-6,12,14,16,20,25,30,35H,1-2,7-11,13,15H2,(H,28,36). The molecule has 2 aromatic rings. The van der Waals surface area contributed by atoms with Crippen LogP contribution in [-0.4, -0.2) is 62.2 Å². The Hall–Kier alpha value is -3.34. The topological polar surface area (TPSA) is 98.6 Å². The third-order valence-corrected chi connectivity index (χ3v) is 7.60. The maximum atomic E-state index is 14.8. The van der Waals surface area contributed by atoms with Crippen molar-refractivity contribution in [3.63, 3.8) is 0 Å². The van der Waals surface area contributed by atoms with E-state index in [1.54, 1.807) is 6.20 Å². The number of aliphatic hydroxyl groups is 1. The maximum absolute atomic E-state index is 14.8. The number of rotatable bonds is 7. The highest BCUT2D eigenvalue weighted by Gasteiger charge is 2.43. The Kier molecular flexibility index (Phi) is 6.16. The average Bonchev–Trinajstić information content (AvgIpc) is 3.25. The molecule has 1 aliphatic carbocycles. The molecule has 0 spiro atoms. The van der Waals surface area contributed by atoms with E-state index in [1.807, 2.05) is 4.68 Å². The van der Waals surface area contributed by atoms with E-state index in [-0.39, 0.29) is 30.0 Å². The van der Waals surface area contributed by atoms with E-state index in [2.05, 4.69) is 50.0 Å². The van der Waals surface area contributed by atoms with Gasteiger partial charge in [-0.25, -0.2) is 15.1 Å². The second-order valence-corrected chi connectivity index (χ2v) is 9.81. The van der Waals surface area contributed by atoms with Gasteiger partial charge in [-0.2, -0.15) is 5.10 Å². The van der Waals surface area contributed by atoms with Crippen LogP contribution in [0.5, 0.6) is 0 Å². The summed E-state index contributed by atoms with van der Waals surface area (Å²) in [6.45, 7) is 4.20. The van der Waals surface area contributed by atoms with E-state index in [0.29, 0.717) is 31.2 Å². The van der Waals surface area contributed by atoms with E-state index < -0.39 is 0 Å². The fourth-order valence-corrected chi connectivity index (χ4v) is 5.71. The zero-order chi connectivity index (χ0) is 24.6. The van der Waals surface area contributed by atoms with Crippen LogP contribution in [-0.2, 0) is 17.9 Å². The highest BCUT2D eigenvalue weighted by atomic mass is 19.2. The molecule has 0 bridgehead atoms. The van der Waals surface area contributed by atoms with Crippen molar-refractivity contribution in [3.8, 4) is 0 Å². The Morgan fingerprint density at radius 3 is 2.78 bits per heavy atom. The van der Waals surface area contributed by atoms with Gasteiger partial charge in [0, 0.05) is 50.0 Å². The Balaban J connectivity index is 1.44. The van der Waals surface area contributed by atoms with Crippen molar-refractivity contribution in [2.45, 2.75) is 44.2 Å². The Morgan fingerprint density at radius 1 is 1.19 bits per heavy atom. The van der Waals surface area contributed by atoms with Gasteiger partial charge in [0.1, 0.15) is 17.8 Å². The largest absolute Gasteiger partial charge is 0.396 e. The van der Waals surface area contributed by atoms with Crippen LogP contribution in [0.4, 0.5) is 4.48 Å². The summed E-state index contributed by atoms with van der Waals surface area (Å²) in [7, 11) is 0. The number of likely N-dealkylation sites (tertiary alicyclic amines) is 1. The zero-order valence-corrected chi connectivity index (χ0v) is 20.0. The van der Waals surface area contributed by atoms with Crippen LogP contribution < -0.4 is 10.7 Å². The minimum absolute atomic E-state index is 0.0225. The number of hydrogen-bond acceptors (Lipinski definition) is 7. The molecule has 10 heteroatoms. The number of allylic oxidation sites excluding steroid dienone is 1. The maximum Gasteiger partial charge on any atom is 0.250 e. The lowest BCUT2D eigenvalue weighted by Crippen LogP contribution is -2.41. The minimum Gasteiger partial charge on any atom is -0.396 e. The van der Waals surface area contributed by atoms with Crippen molar-refractivity contribution in [2.75, 3.05) is 26.2 Å². The van der Waals surface area contributed by atoms with E-state index in [0.717, 1.165) is 42.2 Å². The van der Waals surface area contributed by atoms with Gasteiger partial charge in [-0.05, 0) is 54.6 Å². The molecule has 0 saturated carbocycles. The number of carbonyl (C=O) groups excluding carboxylic acids is 1. The Bertz CT molecular complexity index is 1250. The van der Waals surface area contributed by atoms with Crippen molar-refractivity contribution in [1.29, 1.82) is 0 Å². The number of halogens is 1. The number of nitrogens with one attached hydrogen (secondary N) is 2. The molecule has 3 aliphatic heterocycles.